The van der Waals surface area contributed by atoms with Crippen molar-refractivity contribution < 1.29 is 24.2 Å². The Morgan fingerprint density at radius 3 is 2.56 bits per heavy atom. The summed E-state index contributed by atoms with van der Waals surface area (Å²) >= 11 is 10.0. The molecule has 2 heterocycles. The van der Waals surface area contributed by atoms with Gasteiger partial charge in [-0.2, -0.15) is 0 Å². The maximum atomic E-state index is 12.8. The van der Waals surface area contributed by atoms with Crippen molar-refractivity contribution in [1.82, 2.24) is 9.88 Å². The number of hydrogen-bond acceptors (Lipinski definition) is 5. The van der Waals surface area contributed by atoms with E-state index in [1.54, 1.807) is 13.2 Å². The number of aromatic nitrogens is 1. The number of rotatable bonds is 9. The van der Waals surface area contributed by atoms with Crippen molar-refractivity contribution in [2.45, 2.75) is 19.6 Å². The largest absolute Gasteiger partial charge is 0.390 e. The van der Waals surface area contributed by atoms with Crippen LogP contribution in [0.15, 0.2) is 34.8 Å². The molecule has 0 aliphatic carbocycles. The summed E-state index contributed by atoms with van der Waals surface area (Å²) in [5.74, 6) is -0.923. The van der Waals surface area contributed by atoms with Gasteiger partial charge in [0.15, 0.2) is 0 Å². The SMILES string of the molecule is COCCOCCCn1c(CO)c(Br)c2c3c(c(-c4ccccc4Cl)cc21)C(=O)NC3=O. The average molecular weight is 522 g/mol. The van der Waals surface area contributed by atoms with Crippen LogP contribution >= 0.6 is 27.5 Å². The second-order valence-electron chi connectivity index (χ2n) is 7.36. The second kappa shape index (κ2) is 9.72. The number of hydrogen-bond donors (Lipinski definition) is 2. The van der Waals surface area contributed by atoms with Crippen LogP contribution in [0.25, 0.3) is 22.0 Å². The summed E-state index contributed by atoms with van der Waals surface area (Å²) in [6.45, 7) is 1.88. The summed E-state index contributed by atoms with van der Waals surface area (Å²) in [6.07, 6.45) is 0.691. The summed E-state index contributed by atoms with van der Waals surface area (Å²) in [5, 5.41) is 13.6. The van der Waals surface area contributed by atoms with E-state index in [1.165, 1.54) is 0 Å². The maximum Gasteiger partial charge on any atom is 0.259 e. The first kappa shape index (κ1) is 22.9. The maximum absolute atomic E-state index is 12.8. The van der Waals surface area contributed by atoms with E-state index in [4.69, 9.17) is 21.1 Å². The Morgan fingerprint density at radius 1 is 1.09 bits per heavy atom. The number of amides is 2. The molecule has 0 fully saturated rings. The monoisotopic (exact) mass is 520 g/mol. The number of carbonyl (C=O) groups excluding carboxylic acids is 2. The first-order valence-corrected chi connectivity index (χ1v) is 11.3. The molecule has 0 unspecified atom stereocenters. The fourth-order valence-corrected chi connectivity index (χ4v) is 5.05. The number of fused-ring (bicyclic) bond motifs is 3. The fraction of sp³-hybridized carbons (Fsp3) is 0.304. The molecule has 9 heteroatoms. The van der Waals surface area contributed by atoms with E-state index >= 15 is 0 Å². The van der Waals surface area contributed by atoms with Crippen molar-refractivity contribution in [2.24, 2.45) is 0 Å². The Kier molecular flexibility index (Phi) is 6.97. The van der Waals surface area contributed by atoms with Crippen LogP contribution in [0, 0.1) is 0 Å². The summed E-state index contributed by atoms with van der Waals surface area (Å²) in [4.78, 5) is 25.5. The van der Waals surface area contributed by atoms with Crippen molar-refractivity contribution in [3.63, 3.8) is 0 Å². The van der Waals surface area contributed by atoms with E-state index in [-0.39, 0.29) is 6.61 Å². The van der Waals surface area contributed by atoms with Crippen LogP contribution < -0.4 is 5.32 Å². The molecule has 168 valence electrons. The van der Waals surface area contributed by atoms with Gasteiger partial charge in [-0.15, -0.1) is 0 Å². The van der Waals surface area contributed by atoms with Crippen LogP contribution in [0.2, 0.25) is 5.02 Å². The molecule has 7 nitrogen and oxygen atoms in total. The predicted molar refractivity (Wildman–Crippen MR) is 125 cm³/mol. The Hall–Kier alpha value is -2.23. The molecule has 3 aromatic rings. The molecule has 4 rings (SSSR count). The van der Waals surface area contributed by atoms with Gasteiger partial charge in [-0.05, 0) is 40.0 Å². The van der Waals surface area contributed by atoms with Gasteiger partial charge in [-0.1, -0.05) is 29.8 Å². The van der Waals surface area contributed by atoms with Crippen molar-refractivity contribution in [2.75, 3.05) is 26.9 Å². The number of nitrogens with zero attached hydrogens (tertiary/aromatic N) is 1. The quantitative estimate of drug-likeness (QED) is 0.326. The van der Waals surface area contributed by atoms with Gasteiger partial charge in [0.05, 0.1) is 42.2 Å². The van der Waals surface area contributed by atoms with Crippen LogP contribution in [0.5, 0.6) is 0 Å². The topological polar surface area (TPSA) is 89.8 Å². The summed E-state index contributed by atoms with van der Waals surface area (Å²) in [5.41, 5.74) is 3.18. The van der Waals surface area contributed by atoms with Crippen LogP contribution in [-0.2, 0) is 22.6 Å². The molecular formula is C23H22BrClN2O5. The highest BCUT2D eigenvalue weighted by Gasteiger charge is 2.35. The highest BCUT2D eigenvalue weighted by Crippen LogP contribution is 2.42. The molecule has 0 bridgehead atoms. The van der Waals surface area contributed by atoms with Crippen LogP contribution in [0.3, 0.4) is 0 Å². The zero-order chi connectivity index (χ0) is 22.8. The lowest BCUT2D eigenvalue weighted by Gasteiger charge is -2.13. The van der Waals surface area contributed by atoms with Crippen molar-refractivity contribution in [1.29, 1.82) is 0 Å². The zero-order valence-corrected chi connectivity index (χ0v) is 19.8. The van der Waals surface area contributed by atoms with Gasteiger partial charge in [0, 0.05) is 40.7 Å². The number of aliphatic hydroxyl groups excluding tert-OH is 1. The van der Waals surface area contributed by atoms with Gasteiger partial charge in [0.2, 0.25) is 0 Å². The Labute approximate surface area is 198 Å². The number of imide groups is 1. The first-order valence-electron chi connectivity index (χ1n) is 10.1. The molecule has 0 saturated carbocycles. The van der Waals surface area contributed by atoms with Gasteiger partial charge >= 0.3 is 0 Å². The Balaban J connectivity index is 1.88. The van der Waals surface area contributed by atoms with E-state index in [2.05, 4.69) is 21.2 Å². The molecule has 2 N–H and O–H groups in total. The number of benzene rings is 2. The van der Waals surface area contributed by atoms with Crippen molar-refractivity contribution >= 4 is 50.2 Å². The molecule has 2 amide bonds. The van der Waals surface area contributed by atoms with Crippen molar-refractivity contribution in [3.8, 4) is 11.1 Å². The fourth-order valence-electron chi connectivity index (χ4n) is 4.07. The lowest BCUT2D eigenvalue weighted by atomic mass is 9.94. The van der Waals surface area contributed by atoms with Gasteiger partial charge in [-0.3, -0.25) is 14.9 Å². The van der Waals surface area contributed by atoms with E-state index in [0.717, 1.165) is 5.52 Å². The Morgan fingerprint density at radius 2 is 1.84 bits per heavy atom. The third-order valence-electron chi connectivity index (χ3n) is 5.49. The van der Waals surface area contributed by atoms with E-state index < -0.39 is 11.8 Å². The minimum absolute atomic E-state index is 0.231. The predicted octanol–water partition coefficient (Wildman–Crippen LogP) is 4.15. The summed E-state index contributed by atoms with van der Waals surface area (Å²) in [7, 11) is 1.62. The van der Waals surface area contributed by atoms with Crippen LogP contribution in [-0.4, -0.2) is 48.4 Å². The molecule has 0 radical (unpaired) electrons. The molecular weight excluding hydrogens is 500 g/mol. The van der Waals surface area contributed by atoms with E-state index in [1.807, 2.05) is 28.8 Å². The lowest BCUT2D eigenvalue weighted by molar-refractivity contribution is 0.0679. The number of ether oxygens (including phenoxy) is 2. The molecule has 32 heavy (non-hydrogen) atoms. The number of halogens is 2. The standard InChI is InChI=1S/C23H22BrClN2O5/c1-31-9-10-32-8-4-7-27-16-11-14(13-5-2-3-6-15(13)25)18-20(23(30)26-22(18)29)19(16)21(24)17(27)12-28/h2-3,5-6,11,28H,4,7-10,12H2,1H3,(H,26,29,30). The van der Waals surface area contributed by atoms with Gasteiger partial charge in [0.1, 0.15) is 0 Å². The molecule has 1 aliphatic rings. The van der Waals surface area contributed by atoms with E-state index in [9.17, 15) is 14.7 Å². The number of carbonyl (C=O) groups is 2. The molecule has 0 spiro atoms. The molecule has 0 atom stereocenters. The smallest absolute Gasteiger partial charge is 0.259 e. The summed E-state index contributed by atoms with van der Waals surface area (Å²) < 4.78 is 13.1. The normalized spacial score (nSPS) is 13.1. The number of aliphatic hydroxyl groups is 1. The lowest BCUT2D eigenvalue weighted by Crippen LogP contribution is -2.20. The van der Waals surface area contributed by atoms with Crippen molar-refractivity contribution in [3.05, 3.63) is 56.6 Å². The second-order valence-corrected chi connectivity index (χ2v) is 8.56. The van der Waals surface area contributed by atoms with Gasteiger partial charge in [0.25, 0.3) is 11.8 Å². The first-order chi connectivity index (χ1) is 15.5. The van der Waals surface area contributed by atoms with E-state index in [0.29, 0.717) is 75.6 Å². The third-order valence-corrected chi connectivity index (χ3v) is 6.68. The summed E-state index contributed by atoms with van der Waals surface area (Å²) in [6, 6.07) is 9.07. The molecule has 1 aromatic heterocycles. The molecule has 0 saturated heterocycles. The third kappa shape index (κ3) is 3.97. The zero-order valence-electron chi connectivity index (χ0n) is 17.4. The highest BCUT2D eigenvalue weighted by atomic mass is 79.9. The average Bonchev–Trinajstić information content (AvgIpc) is 3.23. The van der Waals surface area contributed by atoms with Crippen LogP contribution in [0.1, 0.15) is 32.8 Å². The molecule has 2 aromatic carbocycles. The minimum Gasteiger partial charge on any atom is -0.390 e. The minimum atomic E-state index is -0.464. The highest BCUT2D eigenvalue weighted by molar-refractivity contribution is 9.10. The molecule has 1 aliphatic heterocycles. The van der Waals surface area contributed by atoms with Gasteiger partial charge in [-0.25, -0.2) is 0 Å². The number of nitrogens with one attached hydrogen (secondary N) is 1. The number of aryl methyl sites for hydroxylation is 1. The number of methoxy groups -OCH3 is 1. The Bertz CT molecular complexity index is 1210. The van der Waals surface area contributed by atoms with Gasteiger partial charge < -0.3 is 19.1 Å². The van der Waals surface area contributed by atoms with Crippen LogP contribution in [0.4, 0.5) is 0 Å².